The van der Waals surface area contributed by atoms with Gasteiger partial charge in [-0.05, 0) is 20.3 Å². The molecule has 0 aromatic rings. The molecule has 1 saturated heterocycles. The van der Waals surface area contributed by atoms with Gasteiger partial charge in [-0.15, -0.1) is 6.58 Å². The average molecular weight is 211 g/mol. The minimum absolute atomic E-state index is 0.238. The van der Waals surface area contributed by atoms with Crippen LogP contribution in [0.15, 0.2) is 12.7 Å². The van der Waals surface area contributed by atoms with Gasteiger partial charge < -0.3 is 14.9 Å². The Kier molecular flexibility index (Phi) is 3.63. The second-order valence-corrected chi connectivity index (χ2v) is 3.75. The summed E-state index contributed by atoms with van der Waals surface area (Å²) in [4.78, 5) is 11.5. The number of nitrogens with one attached hydrogen (secondary N) is 1. The fraction of sp³-hybridized carbons (Fsp3) is 0.636. The normalized spacial score (nSPS) is 30.3. The summed E-state index contributed by atoms with van der Waals surface area (Å²) in [5.41, 5.74) is -0.389. The maximum atomic E-state index is 11.5. The zero-order valence-corrected chi connectivity index (χ0v) is 9.21. The Balaban J connectivity index is 2.71. The molecule has 2 atom stereocenters. The van der Waals surface area contributed by atoms with Gasteiger partial charge in [0.25, 0.3) is 0 Å². The molecule has 1 aliphatic heterocycles. The fourth-order valence-electron chi connectivity index (χ4n) is 1.67. The molecule has 0 spiro atoms. The first kappa shape index (κ1) is 11.9. The zero-order chi connectivity index (χ0) is 11.5. The van der Waals surface area contributed by atoms with Crippen molar-refractivity contribution in [2.75, 3.05) is 13.2 Å². The SMILES string of the molecule is C=CCC1(C)OCC(C(=O)OCC)C1=N. The molecule has 0 aliphatic carbocycles. The number of carbonyl (C=O) groups is 1. The fourth-order valence-corrected chi connectivity index (χ4v) is 1.67. The van der Waals surface area contributed by atoms with Crippen molar-refractivity contribution in [2.45, 2.75) is 25.9 Å². The lowest BCUT2D eigenvalue weighted by atomic mass is 9.90. The van der Waals surface area contributed by atoms with E-state index in [0.717, 1.165) is 0 Å². The molecule has 1 aliphatic rings. The number of carbonyl (C=O) groups excluding carboxylic acids is 1. The van der Waals surface area contributed by atoms with E-state index in [-0.39, 0.29) is 12.6 Å². The van der Waals surface area contributed by atoms with Crippen LogP contribution in [0.5, 0.6) is 0 Å². The highest BCUT2D eigenvalue weighted by molar-refractivity contribution is 6.06. The molecule has 84 valence electrons. The van der Waals surface area contributed by atoms with Crippen LogP contribution in [0.2, 0.25) is 0 Å². The molecule has 1 rings (SSSR count). The van der Waals surface area contributed by atoms with Crippen molar-refractivity contribution in [3.8, 4) is 0 Å². The third-order valence-electron chi connectivity index (χ3n) is 2.59. The first-order valence-corrected chi connectivity index (χ1v) is 5.05. The van der Waals surface area contributed by atoms with Gasteiger partial charge >= 0.3 is 5.97 Å². The standard InChI is InChI=1S/C11H17NO3/c1-4-6-11(3)9(12)8(7-15-11)10(13)14-5-2/h4,8,12H,1,5-7H2,2-3H3. The lowest BCUT2D eigenvalue weighted by Crippen LogP contribution is -2.35. The van der Waals surface area contributed by atoms with Crippen molar-refractivity contribution in [3.63, 3.8) is 0 Å². The summed E-state index contributed by atoms with van der Waals surface area (Å²) in [6, 6.07) is 0. The summed E-state index contributed by atoms with van der Waals surface area (Å²) in [6.45, 7) is 7.74. The highest BCUT2D eigenvalue weighted by atomic mass is 16.5. The minimum Gasteiger partial charge on any atom is -0.465 e. The molecule has 0 bridgehead atoms. The van der Waals surface area contributed by atoms with Crippen LogP contribution in [0, 0.1) is 11.3 Å². The molecular weight excluding hydrogens is 194 g/mol. The van der Waals surface area contributed by atoms with Crippen molar-refractivity contribution in [2.24, 2.45) is 5.92 Å². The molecule has 4 nitrogen and oxygen atoms in total. The largest absolute Gasteiger partial charge is 0.465 e. The minimum atomic E-state index is -0.681. The van der Waals surface area contributed by atoms with E-state index in [4.69, 9.17) is 14.9 Å². The molecule has 0 aromatic carbocycles. The Hall–Kier alpha value is -1.16. The van der Waals surface area contributed by atoms with Gasteiger partial charge in [-0.2, -0.15) is 0 Å². The summed E-state index contributed by atoms with van der Waals surface area (Å²) in [5.74, 6) is -0.912. The molecular formula is C11H17NO3. The summed E-state index contributed by atoms with van der Waals surface area (Å²) >= 11 is 0. The van der Waals surface area contributed by atoms with Crippen molar-refractivity contribution in [1.29, 1.82) is 5.41 Å². The zero-order valence-electron chi connectivity index (χ0n) is 9.21. The first-order valence-electron chi connectivity index (χ1n) is 5.05. The Morgan fingerprint density at radius 2 is 2.53 bits per heavy atom. The lowest BCUT2D eigenvalue weighted by molar-refractivity contribution is -0.146. The van der Waals surface area contributed by atoms with Crippen LogP contribution in [0.3, 0.4) is 0 Å². The smallest absolute Gasteiger partial charge is 0.317 e. The van der Waals surface area contributed by atoms with Crippen LogP contribution in [0.4, 0.5) is 0 Å². The van der Waals surface area contributed by atoms with Crippen LogP contribution in [0.1, 0.15) is 20.3 Å². The number of esters is 1. The highest BCUT2D eigenvalue weighted by Gasteiger charge is 2.45. The van der Waals surface area contributed by atoms with E-state index < -0.39 is 11.5 Å². The second kappa shape index (κ2) is 4.57. The predicted molar refractivity (Wildman–Crippen MR) is 57.0 cm³/mol. The Morgan fingerprint density at radius 3 is 3.07 bits per heavy atom. The number of hydrogen-bond donors (Lipinski definition) is 1. The quantitative estimate of drug-likeness (QED) is 0.567. The number of ether oxygens (including phenoxy) is 2. The third-order valence-corrected chi connectivity index (χ3v) is 2.59. The van der Waals surface area contributed by atoms with Gasteiger partial charge in [0.05, 0.1) is 18.9 Å². The predicted octanol–water partition coefficient (Wildman–Crippen LogP) is 1.55. The summed E-state index contributed by atoms with van der Waals surface area (Å²) in [6.07, 6.45) is 2.24. The number of rotatable bonds is 4. The first-order chi connectivity index (χ1) is 7.05. The molecule has 4 heteroatoms. The molecule has 1 heterocycles. The van der Waals surface area contributed by atoms with Crippen molar-refractivity contribution < 1.29 is 14.3 Å². The monoisotopic (exact) mass is 211 g/mol. The summed E-state index contributed by atoms with van der Waals surface area (Å²) in [7, 11) is 0. The van der Waals surface area contributed by atoms with Crippen molar-refractivity contribution in [3.05, 3.63) is 12.7 Å². The van der Waals surface area contributed by atoms with E-state index in [1.165, 1.54) is 0 Å². The number of hydrogen-bond acceptors (Lipinski definition) is 4. The average Bonchev–Trinajstić information content (AvgIpc) is 2.45. The summed E-state index contributed by atoms with van der Waals surface area (Å²) < 4.78 is 10.4. The van der Waals surface area contributed by atoms with E-state index in [1.807, 2.05) is 0 Å². The molecule has 15 heavy (non-hydrogen) atoms. The van der Waals surface area contributed by atoms with Crippen LogP contribution >= 0.6 is 0 Å². The van der Waals surface area contributed by atoms with E-state index in [2.05, 4.69) is 6.58 Å². The van der Waals surface area contributed by atoms with Crippen LogP contribution in [-0.2, 0) is 14.3 Å². The van der Waals surface area contributed by atoms with Gasteiger partial charge in [-0.3, -0.25) is 4.79 Å². The molecule has 0 aromatic heterocycles. The molecule has 1 N–H and O–H groups in total. The van der Waals surface area contributed by atoms with Crippen molar-refractivity contribution >= 4 is 11.7 Å². The van der Waals surface area contributed by atoms with Crippen molar-refractivity contribution in [1.82, 2.24) is 0 Å². The maximum absolute atomic E-state index is 11.5. The van der Waals surface area contributed by atoms with E-state index >= 15 is 0 Å². The van der Waals surface area contributed by atoms with E-state index in [9.17, 15) is 4.79 Å². The Labute approximate surface area is 89.8 Å². The lowest BCUT2D eigenvalue weighted by Gasteiger charge is -2.21. The molecule has 0 amide bonds. The highest BCUT2D eigenvalue weighted by Crippen LogP contribution is 2.30. The van der Waals surface area contributed by atoms with Gasteiger partial charge in [-0.25, -0.2) is 0 Å². The van der Waals surface area contributed by atoms with Gasteiger partial charge in [0.2, 0.25) is 0 Å². The van der Waals surface area contributed by atoms with Crippen LogP contribution in [0.25, 0.3) is 0 Å². The van der Waals surface area contributed by atoms with Gasteiger partial charge in [0.15, 0.2) is 0 Å². The molecule has 0 radical (unpaired) electrons. The topological polar surface area (TPSA) is 59.4 Å². The van der Waals surface area contributed by atoms with Crippen LogP contribution in [-0.4, -0.2) is 30.5 Å². The van der Waals surface area contributed by atoms with Gasteiger partial charge in [-0.1, -0.05) is 6.08 Å². The molecule has 0 saturated carbocycles. The van der Waals surface area contributed by atoms with E-state index in [1.54, 1.807) is 19.9 Å². The van der Waals surface area contributed by atoms with Gasteiger partial charge in [0.1, 0.15) is 11.5 Å². The third kappa shape index (κ3) is 2.26. The Bertz CT molecular complexity index is 288. The maximum Gasteiger partial charge on any atom is 0.317 e. The molecule has 1 fully saturated rings. The summed E-state index contributed by atoms with van der Waals surface area (Å²) in [5, 5.41) is 7.90. The van der Waals surface area contributed by atoms with E-state index in [0.29, 0.717) is 18.7 Å². The van der Waals surface area contributed by atoms with Gasteiger partial charge in [0, 0.05) is 0 Å². The molecule has 2 unspecified atom stereocenters. The van der Waals surface area contributed by atoms with Crippen LogP contribution < -0.4 is 0 Å². The Morgan fingerprint density at radius 1 is 1.87 bits per heavy atom. The second-order valence-electron chi connectivity index (χ2n) is 3.75.